The molecule has 1 saturated carbocycles. The average Bonchev–Trinajstić information content (AvgIpc) is 3.48. The molecule has 0 radical (unpaired) electrons. The van der Waals surface area contributed by atoms with Crippen LogP contribution in [-0.2, 0) is 4.79 Å². The molecule has 1 amide bonds. The summed E-state index contributed by atoms with van der Waals surface area (Å²) in [6.45, 7) is 2.92. The quantitative estimate of drug-likeness (QED) is 0.779. The second-order valence-electron chi connectivity index (χ2n) is 6.83. The number of piperazine rings is 1. The molecular weight excluding hydrogens is 392 g/mol. The minimum absolute atomic E-state index is 0.121. The normalized spacial score (nSPS) is 22.0. The Kier molecular flexibility index (Phi) is 4.64. The van der Waals surface area contributed by atoms with Crippen LogP contribution in [0.2, 0.25) is 0 Å². The lowest BCUT2D eigenvalue weighted by Gasteiger charge is -2.35. The SMILES string of the molecule is N#Cc1ccnc(N2CCN(C(=O)C3CC3c3cccc(Br)c3)CC2)c1. The van der Waals surface area contributed by atoms with E-state index in [1.54, 1.807) is 12.3 Å². The third-order valence-electron chi connectivity index (χ3n) is 5.17. The van der Waals surface area contributed by atoms with E-state index < -0.39 is 0 Å². The number of carbonyl (C=O) groups is 1. The minimum Gasteiger partial charge on any atom is -0.353 e. The lowest BCUT2D eigenvalue weighted by Crippen LogP contribution is -2.49. The zero-order valence-electron chi connectivity index (χ0n) is 14.3. The highest BCUT2D eigenvalue weighted by atomic mass is 79.9. The summed E-state index contributed by atoms with van der Waals surface area (Å²) in [6, 6.07) is 13.9. The van der Waals surface area contributed by atoms with Crippen molar-refractivity contribution in [2.45, 2.75) is 12.3 Å². The largest absolute Gasteiger partial charge is 0.353 e. The molecule has 0 spiro atoms. The maximum Gasteiger partial charge on any atom is 0.226 e. The summed E-state index contributed by atoms with van der Waals surface area (Å²) in [7, 11) is 0. The van der Waals surface area contributed by atoms with Gasteiger partial charge in [0.05, 0.1) is 11.6 Å². The number of aromatic nitrogens is 1. The van der Waals surface area contributed by atoms with Gasteiger partial charge in [0.15, 0.2) is 0 Å². The lowest BCUT2D eigenvalue weighted by molar-refractivity contribution is -0.133. The number of amides is 1. The summed E-state index contributed by atoms with van der Waals surface area (Å²) in [4.78, 5) is 21.3. The van der Waals surface area contributed by atoms with Gasteiger partial charge in [0.2, 0.25) is 5.91 Å². The van der Waals surface area contributed by atoms with Crippen molar-refractivity contribution in [2.24, 2.45) is 5.92 Å². The number of nitrogens with zero attached hydrogens (tertiary/aromatic N) is 4. The second kappa shape index (κ2) is 7.08. The van der Waals surface area contributed by atoms with E-state index in [1.165, 1.54) is 5.56 Å². The van der Waals surface area contributed by atoms with Gasteiger partial charge in [-0.05, 0) is 42.2 Å². The van der Waals surface area contributed by atoms with Gasteiger partial charge in [0.1, 0.15) is 5.82 Å². The molecular formula is C20H19BrN4O. The van der Waals surface area contributed by atoms with Gasteiger partial charge in [-0.15, -0.1) is 0 Å². The number of halogens is 1. The van der Waals surface area contributed by atoms with E-state index in [2.05, 4.69) is 44.0 Å². The highest BCUT2D eigenvalue weighted by molar-refractivity contribution is 9.10. The van der Waals surface area contributed by atoms with E-state index in [0.717, 1.165) is 29.8 Å². The Labute approximate surface area is 161 Å². The summed E-state index contributed by atoms with van der Waals surface area (Å²) < 4.78 is 1.06. The molecule has 2 unspecified atom stereocenters. The standard InChI is InChI=1S/C20H19BrN4O/c21-16-3-1-2-15(11-16)17-12-18(17)20(26)25-8-6-24(7-9-25)19-10-14(13-22)4-5-23-19/h1-5,10-11,17-18H,6-9,12H2. The molecule has 1 aliphatic carbocycles. The van der Waals surface area contributed by atoms with E-state index in [1.807, 2.05) is 23.1 Å². The summed E-state index contributed by atoms with van der Waals surface area (Å²) in [6.07, 6.45) is 2.61. The smallest absolute Gasteiger partial charge is 0.226 e. The highest BCUT2D eigenvalue weighted by Crippen LogP contribution is 2.49. The van der Waals surface area contributed by atoms with Crippen LogP contribution in [0.5, 0.6) is 0 Å². The molecule has 1 aromatic heterocycles. The average molecular weight is 411 g/mol. The summed E-state index contributed by atoms with van der Waals surface area (Å²) in [5, 5.41) is 9.03. The van der Waals surface area contributed by atoms with E-state index in [4.69, 9.17) is 5.26 Å². The van der Waals surface area contributed by atoms with E-state index in [0.29, 0.717) is 24.6 Å². The van der Waals surface area contributed by atoms with Crippen LogP contribution in [0.15, 0.2) is 47.1 Å². The molecule has 2 atom stereocenters. The number of nitriles is 1. The lowest BCUT2D eigenvalue weighted by atomic mass is 10.1. The first kappa shape index (κ1) is 17.0. The Morgan fingerprint density at radius 2 is 2.00 bits per heavy atom. The van der Waals surface area contributed by atoms with Crippen molar-refractivity contribution in [3.05, 3.63) is 58.2 Å². The number of benzene rings is 1. The van der Waals surface area contributed by atoms with Gasteiger partial charge >= 0.3 is 0 Å². The zero-order chi connectivity index (χ0) is 18.1. The van der Waals surface area contributed by atoms with Gasteiger partial charge in [-0.3, -0.25) is 4.79 Å². The molecule has 1 aromatic carbocycles. The minimum atomic E-state index is 0.121. The van der Waals surface area contributed by atoms with E-state index in [9.17, 15) is 4.79 Å². The van der Waals surface area contributed by atoms with Crippen molar-refractivity contribution in [3.8, 4) is 6.07 Å². The molecule has 2 aliphatic rings. The van der Waals surface area contributed by atoms with Crippen molar-refractivity contribution < 1.29 is 4.79 Å². The molecule has 4 rings (SSSR count). The van der Waals surface area contributed by atoms with Crippen molar-refractivity contribution in [2.75, 3.05) is 31.1 Å². The highest BCUT2D eigenvalue weighted by Gasteiger charge is 2.46. The molecule has 2 heterocycles. The Morgan fingerprint density at radius 3 is 2.73 bits per heavy atom. The number of pyridine rings is 1. The van der Waals surface area contributed by atoms with Crippen LogP contribution in [0.25, 0.3) is 0 Å². The molecule has 1 aliphatic heterocycles. The fourth-order valence-electron chi connectivity index (χ4n) is 3.62. The first-order valence-corrected chi connectivity index (χ1v) is 9.60. The monoisotopic (exact) mass is 410 g/mol. The van der Waals surface area contributed by atoms with Gasteiger partial charge in [-0.1, -0.05) is 28.1 Å². The van der Waals surface area contributed by atoms with Crippen molar-refractivity contribution in [3.63, 3.8) is 0 Å². The molecule has 2 fully saturated rings. The van der Waals surface area contributed by atoms with Gasteiger partial charge in [-0.2, -0.15) is 5.26 Å². The summed E-state index contributed by atoms with van der Waals surface area (Å²) in [5.41, 5.74) is 1.86. The van der Waals surface area contributed by atoms with Gasteiger partial charge < -0.3 is 9.80 Å². The Morgan fingerprint density at radius 1 is 1.19 bits per heavy atom. The Hall–Kier alpha value is -2.39. The number of rotatable bonds is 3. The third-order valence-corrected chi connectivity index (χ3v) is 5.67. The third kappa shape index (κ3) is 3.45. The van der Waals surface area contributed by atoms with Gasteiger partial charge in [0.25, 0.3) is 0 Å². The van der Waals surface area contributed by atoms with Crippen LogP contribution in [0.3, 0.4) is 0 Å². The number of carbonyl (C=O) groups excluding carboxylic acids is 1. The van der Waals surface area contributed by atoms with Crippen LogP contribution in [0.4, 0.5) is 5.82 Å². The number of hydrogen-bond donors (Lipinski definition) is 0. The van der Waals surface area contributed by atoms with Crippen LogP contribution in [-0.4, -0.2) is 42.0 Å². The van der Waals surface area contributed by atoms with E-state index >= 15 is 0 Å². The van der Waals surface area contributed by atoms with Gasteiger partial charge in [0, 0.05) is 42.8 Å². The molecule has 6 heteroatoms. The summed E-state index contributed by atoms with van der Waals surface area (Å²) in [5.74, 6) is 1.56. The van der Waals surface area contributed by atoms with Crippen LogP contribution >= 0.6 is 15.9 Å². The molecule has 5 nitrogen and oxygen atoms in total. The summed E-state index contributed by atoms with van der Waals surface area (Å²) >= 11 is 3.50. The van der Waals surface area contributed by atoms with Crippen molar-refractivity contribution in [1.29, 1.82) is 5.26 Å². The zero-order valence-corrected chi connectivity index (χ0v) is 15.9. The molecule has 1 saturated heterocycles. The van der Waals surface area contributed by atoms with Crippen LogP contribution in [0.1, 0.15) is 23.5 Å². The van der Waals surface area contributed by atoms with Gasteiger partial charge in [-0.25, -0.2) is 4.98 Å². The van der Waals surface area contributed by atoms with Crippen LogP contribution in [0, 0.1) is 17.2 Å². The van der Waals surface area contributed by atoms with Crippen LogP contribution < -0.4 is 4.90 Å². The Balaban J connectivity index is 1.35. The molecule has 0 N–H and O–H groups in total. The Bertz CT molecular complexity index is 870. The van der Waals surface area contributed by atoms with Crippen molar-refractivity contribution in [1.82, 2.24) is 9.88 Å². The fourth-order valence-corrected chi connectivity index (χ4v) is 4.04. The molecule has 0 bridgehead atoms. The maximum absolute atomic E-state index is 12.8. The first-order valence-electron chi connectivity index (χ1n) is 8.81. The molecule has 2 aromatic rings. The second-order valence-corrected chi connectivity index (χ2v) is 7.75. The predicted octanol–water partition coefficient (Wildman–Crippen LogP) is 3.17. The predicted molar refractivity (Wildman–Crippen MR) is 103 cm³/mol. The topological polar surface area (TPSA) is 60.2 Å². The number of hydrogen-bond acceptors (Lipinski definition) is 4. The molecule has 132 valence electrons. The number of anilines is 1. The molecule has 26 heavy (non-hydrogen) atoms. The maximum atomic E-state index is 12.8. The van der Waals surface area contributed by atoms with Crippen molar-refractivity contribution >= 4 is 27.7 Å². The fraction of sp³-hybridized carbons (Fsp3) is 0.350. The van der Waals surface area contributed by atoms with E-state index in [-0.39, 0.29) is 11.8 Å². The first-order chi connectivity index (χ1) is 12.7.